The number of carbonyl (C=O) groups excluding carboxylic acids is 1. The van der Waals surface area contributed by atoms with E-state index in [0.29, 0.717) is 34.4 Å². The molecule has 0 radical (unpaired) electrons. The molecule has 1 aromatic rings. The third kappa shape index (κ3) is 4.88. The van der Waals surface area contributed by atoms with Gasteiger partial charge in [0.05, 0.1) is 18.2 Å². The van der Waals surface area contributed by atoms with Crippen molar-refractivity contribution >= 4 is 29.1 Å². The summed E-state index contributed by atoms with van der Waals surface area (Å²) in [5.41, 5.74) is 0.389. The van der Waals surface area contributed by atoms with Gasteiger partial charge in [-0.05, 0) is 18.4 Å². The summed E-state index contributed by atoms with van der Waals surface area (Å²) in [5, 5.41) is 3.62. The highest BCUT2D eigenvalue weighted by Gasteiger charge is 2.23. The number of nitrogens with zero attached hydrogens (tertiary/aromatic N) is 1. The number of H-pyrrole nitrogens is 1. The first-order chi connectivity index (χ1) is 10.5. The van der Waals surface area contributed by atoms with Gasteiger partial charge >= 0.3 is 0 Å². The highest BCUT2D eigenvalue weighted by molar-refractivity contribution is 6.41. The van der Waals surface area contributed by atoms with E-state index >= 15 is 0 Å². The van der Waals surface area contributed by atoms with Gasteiger partial charge in [0.15, 0.2) is 0 Å². The fraction of sp³-hybridized carbons (Fsp3) is 0.667. The Labute approximate surface area is 141 Å². The molecule has 0 spiro atoms. The molecule has 2 N–H and O–H groups in total. The number of aromatic nitrogens is 1. The van der Waals surface area contributed by atoms with Crippen LogP contribution in [0.25, 0.3) is 0 Å². The zero-order valence-electron chi connectivity index (χ0n) is 13.0. The van der Waals surface area contributed by atoms with Gasteiger partial charge in [-0.15, -0.1) is 0 Å². The van der Waals surface area contributed by atoms with Crippen molar-refractivity contribution in [2.45, 2.75) is 26.3 Å². The van der Waals surface area contributed by atoms with E-state index in [0.717, 1.165) is 32.7 Å². The molecule has 0 aromatic carbocycles. The largest absolute Gasteiger partial charge is 0.379 e. The summed E-state index contributed by atoms with van der Waals surface area (Å²) in [6.07, 6.45) is 1.03. The van der Waals surface area contributed by atoms with Crippen LogP contribution < -0.4 is 5.32 Å². The van der Waals surface area contributed by atoms with Gasteiger partial charge < -0.3 is 15.0 Å². The first-order valence-corrected chi connectivity index (χ1v) is 8.37. The summed E-state index contributed by atoms with van der Waals surface area (Å²) < 4.78 is 5.40. The van der Waals surface area contributed by atoms with Crippen molar-refractivity contribution in [1.29, 1.82) is 0 Å². The third-order valence-corrected chi connectivity index (χ3v) is 4.47. The summed E-state index contributed by atoms with van der Waals surface area (Å²) in [6, 6.07) is 1.86. The molecule has 1 aliphatic rings. The van der Waals surface area contributed by atoms with Crippen molar-refractivity contribution in [2.24, 2.45) is 5.92 Å². The summed E-state index contributed by atoms with van der Waals surface area (Å²) in [7, 11) is 0. The van der Waals surface area contributed by atoms with Crippen LogP contribution in [-0.2, 0) is 4.74 Å². The molecule has 0 saturated carbocycles. The molecule has 1 saturated heterocycles. The molecule has 1 atom stereocenters. The minimum Gasteiger partial charge on any atom is -0.379 e. The summed E-state index contributed by atoms with van der Waals surface area (Å²) in [4.78, 5) is 17.3. The van der Waals surface area contributed by atoms with E-state index in [2.05, 4.69) is 29.0 Å². The lowest BCUT2D eigenvalue weighted by atomic mass is 10.0. The smallest absolute Gasteiger partial charge is 0.267 e. The third-order valence-electron chi connectivity index (χ3n) is 3.77. The zero-order chi connectivity index (χ0) is 16.1. The highest BCUT2D eigenvalue weighted by Crippen LogP contribution is 2.21. The lowest BCUT2D eigenvalue weighted by Gasteiger charge is -2.35. The van der Waals surface area contributed by atoms with Gasteiger partial charge in [0.25, 0.3) is 5.91 Å². The van der Waals surface area contributed by atoms with Crippen LogP contribution in [0.5, 0.6) is 0 Å². The van der Waals surface area contributed by atoms with Crippen LogP contribution in [0, 0.1) is 5.92 Å². The van der Waals surface area contributed by atoms with Crippen molar-refractivity contribution < 1.29 is 9.53 Å². The number of aromatic amines is 1. The Morgan fingerprint density at radius 3 is 2.64 bits per heavy atom. The Balaban J connectivity index is 1.93. The Hall–Kier alpha value is -0.750. The zero-order valence-corrected chi connectivity index (χ0v) is 14.5. The number of hydrogen-bond acceptors (Lipinski definition) is 3. The number of amides is 1. The number of morpholine rings is 1. The van der Waals surface area contributed by atoms with Crippen molar-refractivity contribution in [3.63, 3.8) is 0 Å². The standard InChI is InChI=1S/C15H23Cl2N3O2/c1-10(2)7-11(20-3-5-22-6-4-20)9-18-15(21)13-8-12(16)14(17)19-13/h8,10-11,19H,3-7,9H2,1-2H3,(H,18,21). The monoisotopic (exact) mass is 347 g/mol. The van der Waals surface area contributed by atoms with Gasteiger partial charge in [-0.3, -0.25) is 9.69 Å². The van der Waals surface area contributed by atoms with Crippen LogP contribution in [-0.4, -0.2) is 54.7 Å². The molecule has 1 aliphatic heterocycles. The summed E-state index contributed by atoms with van der Waals surface area (Å²) in [6.45, 7) is 8.32. The van der Waals surface area contributed by atoms with Gasteiger partial charge in [-0.2, -0.15) is 0 Å². The number of carbonyl (C=O) groups is 1. The van der Waals surface area contributed by atoms with Crippen molar-refractivity contribution in [1.82, 2.24) is 15.2 Å². The van der Waals surface area contributed by atoms with Crippen molar-refractivity contribution in [3.05, 3.63) is 21.9 Å². The van der Waals surface area contributed by atoms with Crippen LogP contribution >= 0.6 is 23.2 Å². The van der Waals surface area contributed by atoms with E-state index in [4.69, 9.17) is 27.9 Å². The molecule has 7 heteroatoms. The number of nitrogens with one attached hydrogen (secondary N) is 2. The Kier molecular flexibility index (Phi) is 6.56. The van der Waals surface area contributed by atoms with Gasteiger partial charge in [0.1, 0.15) is 10.8 Å². The molecule has 1 fully saturated rings. The molecular weight excluding hydrogens is 325 g/mol. The Morgan fingerprint density at radius 2 is 2.09 bits per heavy atom. The minimum absolute atomic E-state index is 0.184. The van der Waals surface area contributed by atoms with Crippen molar-refractivity contribution in [2.75, 3.05) is 32.8 Å². The quantitative estimate of drug-likeness (QED) is 0.831. The number of ether oxygens (including phenoxy) is 1. The van der Waals surface area contributed by atoms with E-state index in [9.17, 15) is 4.79 Å². The normalized spacial score (nSPS) is 17.7. The first kappa shape index (κ1) is 17.6. The topological polar surface area (TPSA) is 57.4 Å². The van der Waals surface area contributed by atoms with Crippen LogP contribution in [0.1, 0.15) is 30.8 Å². The van der Waals surface area contributed by atoms with Crippen molar-refractivity contribution in [3.8, 4) is 0 Å². The molecule has 1 aromatic heterocycles. The summed E-state index contributed by atoms with van der Waals surface area (Å²) in [5.74, 6) is 0.384. The number of hydrogen-bond donors (Lipinski definition) is 2. The molecule has 2 heterocycles. The van der Waals surface area contributed by atoms with Gasteiger partial charge in [0.2, 0.25) is 0 Å². The molecule has 1 amide bonds. The van der Waals surface area contributed by atoms with Crippen LogP contribution in [0.2, 0.25) is 10.2 Å². The van der Waals surface area contributed by atoms with E-state index in [1.807, 2.05) is 0 Å². The molecule has 5 nitrogen and oxygen atoms in total. The lowest BCUT2D eigenvalue weighted by Crippen LogP contribution is -2.49. The first-order valence-electron chi connectivity index (χ1n) is 7.61. The van der Waals surface area contributed by atoms with Crippen LogP contribution in [0.15, 0.2) is 6.07 Å². The minimum atomic E-state index is -0.184. The predicted molar refractivity (Wildman–Crippen MR) is 88.8 cm³/mol. The Bertz CT molecular complexity index is 479. The number of rotatable bonds is 6. The molecule has 22 heavy (non-hydrogen) atoms. The van der Waals surface area contributed by atoms with E-state index < -0.39 is 0 Å². The maximum atomic E-state index is 12.2. The van der Waals surface area contributed by atoms with Gasteiger partial charge in [-0.1, -0.05) is 37.0 Å². The predicted octanol–water partition coefficient (Wildman–Crippen LogP) is 2.80. The lowest BCUT2D eigenvalue weighted by molar-refractivity contribution is 0.0124. The van der Waals surface area contributed by atoms with Gasteiger partial charge in [-0.25, -0.2) is 0 Å². The average Bonchev–Trinajstić information content (AvgIpc) is 2.83. The maximum Gasteiger partial charge on any atom is 0.267 e. The van der Waals surface area contributed by atoms with Crippen LogP contribution in [0.4, 0.5) is 0 Å². The highest BCUT2D eigenvalue weighted by atomic mass is 35.5. The molecular formula is C15H23Cl2N3O2. The maximum absolute atomic E-state index is 12.2. The fourth-order valence-corrected chi connectivity index (χ4v) is 2.99. The van der Waals surface area contributed by atoms with Crippen LogP contribution in [0.3, 0.4) is 0 Å². The summed E-state index contributed by atoms with van der Waals surface area (Å²) >= 11 is 11.7. The van der Waals surface area contributed by atoms with E-state index in [-0.39, 0.29) is 5.91 Å². The van der Waals surface area contributed by atoms with E-state index in [1.165, 1.54) is 0 Å². The molecule has 0 bridgehead atoms. The molecule has 2 rings (SSSR count). The molecule has 1 unspecified atom stereocenters. The second-order valence-electron chi connectivity index (χ2n) is 5.99. The second-order valence-corrected chi connectivity index (χ2v) is 6.77. The fourth-order valence-electron chi connectivity index (χ4n) is 2.68. The molecule has 0 aliphatic carbocycles. The SMILES string of the molecule is CC(C)CC(CNC(=O)c1cc(Cl)c(Cl)[nH]1)N1CCOCC1. The Morgan fingerprint density at radius 1 is 1.41 bits per heavy atom. The van der Waals surface area contributed by atoms with E-state index in [1.54, 1.807) is 6.07 Å². The number of halogens is 2. The van der Waals surface area contributed by atoms with Gasteiger partial charge in [0, 0.05) is 25.7 Å². The second kappa shape index (κ2) is 8.20. The average molecular weight is 348 g/mol. The molecule has 124 valence electrons.